The summed E-state index contributed by atoms with van der Waals surface area (Å²) >= 11 is 6.18. The molecule has 3 rings (SSSR count). The third-order valence-corrected chi connectivity index (χ3v) is 6.12. The van der Waals surface area contributed by atoms with E-state index in [9.17, 15) is 18.3 Å². The molecule has 8 nitrogen and oxygen atoms in total. The number of aromatic carboxylic acids is 1. The van der Waals surface area contributed by atoms with Gasteiger partial charge in [-0.2, -0.15) is 0 Å². The Hall–Kier alpha value is -3.01. The molecule has 30 heavy (non-hydrogen) atoms. The summed E-state index contributed by atoms with van der Waals surface area (Å²) in [7, 11) is -2.52. The van der Waals surface area contributed by atoms with E-state index < -0.39 is 16.0 Å². The summed E-state index contributed by atoms with van der Waals surface area (Å²) in [4.78, 5) is 11.4. The van der Waals surface area contributed by atoms with Crippen LogP contribution in [0.2, 0.25) is 5.02 Å². The average Bonchev–Trinajstić information content (AvgIpc) is 3.24. The molecule has 2 aromatic carbocycles. The molecule has 0 amide bonds. The van der Waals surface area contributed by atoms with Crippen molar-refractivity contribution in [3.05, 3.63) is 76.7 Å². The molecule has 158 valence electrons. The minimum atomic E-state index is -4.06. The van der Waals surface area contributed by atoms with Crippen molar-refractivity contribution >= 4 is 33.3 Å². The summed E-state index contributed by atoms with van der Waals surface area (Å²) in [5.74, 6) is -0.0612. The van der Waals surface area contributed by atoms with Gasteiger partial charge in [0, 0.05) is 6.54 Å². The maximum absolute atomic E-state index is 12.7. The molecule has 3 N–H and O–H groups in total. The highest BCUT2D eigenvalue weighted by Gasteiger charge is 2.23. The van der Waals surface area contributed by atoms with E-state index in [1.54, 1.807) is 36.4 Å². The van der Waals surface area contributed by atoms with Gasteiger partial charge in [0.25, 0.3) is 0 Å². The monoisotopic (exact) mass is 450 g/mol. The third kappa shape index (κ3) is 5.12. The molecule has 0 radical (unpaired) electrons. The van der Waals surface area contributed by atoms with E-state index >= 15 is 0 Å². The highest BCUT2D eigenvalue weighted by Crippen LogP contribution is 2.29. The maximum Gasteiger partial charge on any atom is 0.337 e. The van der Waals surface area contributed by atoms with Gasteiger partial charge < -0.3 is 19.6 Å². The van der Waals surface area contributed by atoms with Crippen LogP contribution in [-0.2, 0) is 23.1 Å². The smallest absolute Gasteiger partial charge is 0.337 e. The summed E-state index contributed by atoms with van der Waals surface area (Å²) in [6, 6.07) is 12.6. The molecule has 0 atom stereocenters. The quantitative estimate of drug-likeness (QED) is 0.454. The summed E-state index contributed by atoms with van der Waals surface area (Å²) < 4.78 is 38.2. The minimum Gasteiger partial charge on any atom is -0.497 e. The Kier molecular flexibility index (Phi) is 6.66. The molecule has 10 heteroatoms. The van der Waals surface area contributed by atoms with Gasteiger partial charge in [0.2, 0.25) is 10.0 Å². The molecular formula is C20H19ClN2O6S. The lowest BCUT2D eigenvalue weighted by Crippen LogP contribution is -2.24. The number of hydrogen-bond acceptors (Lipinski definition) is 6. The van der Waals surface area contributed by atoms with Crippen LogP contribution >= 0.6 is 11.6 Å². The first-order valence-electron chi connectivity index (χ1n) is 8.76. The van der Waals surface area contributed by atoms with Gasteiger partial charge in [-0.1, -0.05) is 23.7 Å². The Morgan fingerprint density at radius 2 is 1.90 bits per heavy atom. The topological polar surface area (TPSA) is 118 Å². The Morgan fingerprint density at radius 1 is 1.17 bits per heavy atom. The minimum absolute atomic E-state index is 0.00353. The van der Waals surface area contributed by atoms with Gasteiger partial charge in [-0.3, -0.25) is 0 Å². The van der Waals surface area contributed by atoms with Crippen molar-refractivity contribution in [2.75, 3.05) is 12.4 Å². The molecule has 0 saturated carbocycles. The molecule has 0 unspecified atom stereocenters. The average molecular weight is 451 g/mol. The van der Waals surface area contributed by atoms with Gasteiger partial charge in [0.05, 0.1) is 36.2 Å². The number of hydrogen-bond donors (Lipinski definition) is 3. The molecule has 0 aliphatic heterocycles. The van der Waals surface area contributed by atoms with E-state index in [0.717, 1.165) is 6.07 Å². The van der Waals surface area contributed by atoms with Crippen molar-refractivity contribution in [2.24, 2.45) is 0 Å². The lowest BCUT2D eigenvalue weighted by molar-refractivity contribution is 0.0697. The number of rotatable bonds is 9. The summed E-state index contributed by atoms with van der Waals surface area (Å²) in [6.45, 7) is 0.217. The van der Waals surface area contributed by atoms with E-state index in [2.05, 4.69) is 10.0 Å². The van der Waals surface area contributed by atoms with Crippen LogP contribution in [0, 0.1) is 0 Å². The van der Waals surface area contributed by atoms with E-state index in [1.165, 1.54) is 19.4 Å². The van der Waals surface area contributed by atoms with Crippen molar-refractivity contribution < 1.29 is 27.5 Å². The first-order valence-corrected chi connectivity index (χ1v) is 10.6. The summed E-state index contributed by atoms with van der Waals surface area (Å²) in [5.41, 5.74) is 0.652. The lowest BCUT2D eigenvalue weighted by atomic mass is 10.1. The molecule has 0 fully saturated rings. The number of sulfonamides is 1. The van der Waals surface area contributed by atoms with Gasteiger partial charge in [-0.15, -0.1) is 0 Å². The highest BCUT2D eigenvalue weighted by molar-refractivity contribution is 7.89. The Bertz CT molecular complexity index is 1130. The van der Waals surface area contributed by atoms with Crippen LogP contribution in [0.3, 0.4) is 0 Å². The van der Waals surface area contributed by atoms with Gasteiger partial charge in [-0.05, 0) is 42.0 Å². The first-order chi connectivity index (χ1) is 14.3. The summed E-state index contributed by atoms with van der Waals surface area (Å²) in [5, 5.41) is 12.3. The van der Waals surface area contributed by atoms with Crippen LogP contribution in [0.15, 0.2) is 64.1 Å². The van der Waals surface area contributed by atoms with Crippen LogP contribution in [0.1, 0.15) is 21.7 Å². The second-order valence-corrected chi connectivity index (χ2v) is 8.38. The summed E-state index contributed by atoms with van der Waals surface area (Å²) in [6.07, 6.45) is 1.49. The number of halogens is 1. The van der Waals surface area contributed by atoms with E-state index in [4.69, 9.17) is 20.8 Å². The first kappa shape index (κ1) is 21.7. The number of methoxy groups -OCH3 is 1. The largest absolute Gasteiger partial charge is 0.497 e. The van der Waals surface area contributed by atoms with E-state index in [-0.39, 0.29) is 34.3 Å². The molecule has 1 heterocycles. The van der Waals surface area contributed by atoms with Crippen molar-refractivity contribution in [2.45, 2.75) is 18.0 Å². The second kappa shape index (κ2) is 9.21. The number of carboxylic acid groups (broad SMARTS) is 1. The Morgan fingerprint density at radius 3 is 2.50 bits per heavy atom. The zero-order valence-electron chi connectivity index (χ0n) is 15.9. The molecular weight excluding hydrogens is 432 g/mol. The van der Waals surface area contributed by atoms with Crippen molar-refractivity contribution in [1.82, 2.24) is 4.72 Å². The van der Waals surface area contributed by atoms with Crippen LogP contribution in [-0.4, -0.2) is 26.6 Å². The number of ether oxygens (including phenoxy) is 1. The number of anilines is 1. The fourth-order valence-electron chi connectivity index (χ4n) is 2.68. The number of nitrogens with one attached hydrogen (secondary N) is 2. The van der Waals surface area contributed by atoms with Gasteiger partial charge in [0.15, 0.2) is 0 Å². The standard InChI is InChI=1S/C20H19ClN2O6S/c1-28-14-6-4-13(5-7-14)11-23-30(26,27)19-9-16(20(24)25)18(10-17(19)21)22-12-15-3-2-8-29-15/h2-10,22-23H,11-12H2,1H3,(H,24,25). The number of furan rings is 1. The fraction of sp³-hybridized carbons (Fsp3) is 0.150. The van der Waals surface area contributed by atoms with Crippen LogP contribution in [0.25, 0.3) is 0 Å². The zero-order chi connectivity index (χ0) is 21.7. The van der Waals surface area contributed by atoms with Crippen molar-refractivity contribution in [3.8, 4) is 5.75 Å². The predicted molar refractivity (Wildman–Crippen MR) is 111 cm³/mol. The second-order valence-electron chi connectivity index (χ2n) is 6.24. The molecule has 0 spiro atoms. The van der Waals surface area contributed by atoms with Crippen LogP contribution in [0.5, 0.6) is 5.75 Å². The molecule has 0 saturated heterocycles. The normalized spacial score (nSPS) is 11.3. The number of carboxylic acids is 1. The number of carbonyl (C=O) groups is 1. The van der Waals surface area contributed by atoms with Crippen LogP contribution in [0.4, 0.5) is 5.69 Å². The third-order valence-electron chi connectivity index (χ3n) is 4.25. The SMILES string of the molecule is COc1ccc(CNS(=O)(=O)c2cc(C(=O)O)c(NCc3ccco3)cc2Cl)cc1. The van der Waals surface area contributed by atoms with E-state index in [1.807, 2.05) is 0 Å². The maximum atomic E-state index is 12.7. The molecule has 0 aliphatic rings. The van der Waals surface area contributed by atoms with Gasteiger partial charge in [0.1, 0.15) is 16.4 Å². The number of benzene rings is 2. The van der Waals surface area contributed by atoms with Crippen molar-refractivity contribution in [3.63, 3.8) is 0 Å². The molecule has 0 aliphatic carbocycles. The highest BCUT2D eigenvalue weighted by atomic mass is 35.5. The zero-order valence-corrected chi connectivity index (χ0v) is 17.5. The van der Waals surface area contributed by atoms with Gasteiger partial charge >= 0.3 is 5.97 Å². The fourth-order valence-corrected chi connectivity index (χ4v) is 4.25. The lowest BCUT2D eigenvalue weighted by Gasteiger charge is -2.14. The van der Waals surface area contributed by atoms with E-state index in [0.29, 0.717) is 17.1 Å². The van der Waals surface area contributed by atoms with Crippen molar-refractivity contribution in [1.29, 1.82) is 0 Å². The Balaban J connectivity index is 1.82. The predicted octanol–water partition coefficient (Wildman–Crippen LogP) is 3.73. The molecule has 1 aromatic heterocycles. The molecule has 3 aromatic rings. The molecule has 0 bridgehead atoms. The van der Waals surface area contributed by atoms with Crippen LogP contribution < -0.4 is 14.8 Å². The Labute approximate surface area is 178 Å². The van der Waals surface area contributed by atoms with Gasteiger partial charge in [-0.25, -0.2) is 17.9 Å².